The number of rotatable bonds is 2. The summed E-state index contributed by atoms with van der Waals surface area (Å²) in [6.07, 6.45) is -1.16. The lowest BCUT2D eigenvalue weighted by Crippen LogP contribution is -2.45. The first kappa shape index (κ1) is 11.2. The van der Waals surface area contributed by atoms with E-state index in [9.17, 15) is 13.2 Å². The smallest absolute Gasteiger partial charge is 0.303 e. The summed E-state index contributed by atoms with van der Waals surface area (Å²) < 4.78 is 37.7. The number of alkyl halides is 3. The van der Waals surface area contributed by atoms with E-state index in [1.54, 1.807) is 6.92 Å². The Hall–Kier alpha value is -0.250. The summed E-state index contributed by atoms with van der Waals surface area (Å²) in [5, 5.41) is 0. The zero-order valence-electron chi connectivity index (χ0n) is 9.06. The lowest BCUT2D eigenvalue weighted by Gasteiger charge is -2.37. The van der Waals surface area contributed by atoms with Crippen molar-refractivity contribution in [2.45, 2.75) is 32.4 Å². The molecule has 1 aliphatic heterocycles. The summed E-state index contributed by atoms with van der Waals surface area (Å²) in [5.41, 5.74) is 0. The van der Waals surface area contributed by atoms with Crippen LogP contribution in [0.5, 0.6) is 0 Å². The predicted molar refractivity (Wildman–Crippen MR) is 52.5 cm³/mol. The van der Waals surface area contributed by atoms with E-state index < -0.39 is 12.1 Å². The van der Waals surface area contributed by atoms with Gasteiger partial charge < -0.3 is 4.90 Å². The molecule has 88 valence electrons. The zero-order chi connectivity index (χ0) is 11.1. The van der Waals surface area contributed by atoms with E-state index in [-0.39, 0.29) is 12.3 Å². The normalized spacial score (nSPS) is 34.4. The summed E-state index contributed by atoms with van der Waals surface area (Å²) in [5.74, 6) is -0.537. The van der Waals surface area contributed by atoms with Gasteiger partial charge in [0.15, 0.2) is 0 Å². The van der Waals surface area contributed by atoms with Crippen molar-refractivity contribution in [2.24, 2.45) is 17.8 Å². The average Bonchev–Trinajstić information content (AvgIpc) is 2.85. The molecule has 0 aromatic rings. The van der Waals surface area contributed by atoms with Crippen LogP contribution in [0.15, 0.2) is 0 Å². The van der Waals surface area contributed by atoms with Crippen LogP contribution < -0.4 is 0 Å². The van der Waals surface area contributed by atoms with E-state index in [1.165, 1.54) is 12.8 Å². The van der Waals surface area contributed by atoms with Gasteiger partial charge in [0.25, 0.3) is 0 Å². The monoisotopic (exact) mass is 221 g/mol. The Morgan fingerprint density at radius 2 is 1.87 bits per heavy atom. The molecule has 1 aliphatic carbocycles. The number of hydrogen-bond acceptors (Lipinski definition) is 1. The molecule has 0 amide bonds. The van der Waals surface area contributed by atoms with Crippen molar-refractivity contribution >= 4 is 0 Å². The molecule has 0 bridgehead atoms. The van der Waals surface area contributed by atoms with Gasteiger partial charge in [-0.05, 0) is 37.6 Å². The van der Waals surface area contributed by atoms with Gasteiger partial charge >= 0.3 is 6.18 Å². The molecule has 2 rings (SSSR count). The largest absolute Gasteiger partial charge is 0.392 e. The molecule has 4 heteroatoms. The molecule has 0 unspecified atom stereocenters. The highest BCUT2D eigenvalue weighted by atomic mass is 19.4. The number of likely N-dealkylation sites (tertiary alicyclic amines) is 1. The Morgan fingerprint density at radius 3 is 2.33 bits per heavy atom. The number of halogens is 3. The van der Waals surface area contributed by atoms with Crippen LogP contribution in [-0.4, -0.2) is 30.7 Å². The van der Waals surface area contributed by atoms with E-state index in [2.05, 4.69) is 4.90 Å². The lowest BCUT2D eigenvalue weighted by molar-refractivity contribution is -0.198. The second kappa shape index (κ2) is 3.96. The molecule has 2 atom stereocenters. The first-order valence-electron chi connectivity index (χ1n) is 5.76. The van der Waals surface area contributed by atoms with Crippen molar-refractivity contribution in [1.29, 1.82) is 0 Å². The second-order valence-corrected chi connectivity index (χ2v) is 5.12. The fourth-order valence-electron chi connectivity index (χ4n) is 2.55. The quantitative estimate of drug-likeness (QED) is 0.693. The molecule has 2 aliphatic rings. The maximum atomic E-state index is 12.6. The Morgan fingerprint density at radius 1 is 1.20 bits per heavy atom. The van der Waals surface area contributed by atoms with Crippen LogP contribution in [0, 0.1) is 17.8 Å². The van der Waals surface area contributed by atoms with Crippen molar-refractivity contribution in [3.63, 3.8) is 0 Å². The molecule has 0 spiro atoms. The fraction of sp³-hybridized carbons (Fsp3) is 1.00. The van der Waals surface area contributed by atoms with Gasteiger partial charge in [0, 0.05) is 13.1 Å². The highest BCUT2D eigenvalue weighted by Crippen LogP contribution is 2.39. The van der Waals surface area contributed by atoms with Gasteiger partial charge in [0.2, 0.25) is 0 Å². The van der Waals surface area contributed by atoms with Crippen LogP contribution in [0.4, 0.5) is 13.2 Å². The fourth-order valence-corrected chi connectivity index (χ4v) is 2.55. The minimum atomic E-state index is -3.99. The SMILES string of the molecule is C[C@@H]1CN(CC2CC2)CC[C@H]1C(F)(F)F. The number of nitrogens with zero attached hydrogens (tertiary/aromatic N) is 1. The van der Waals surface area contributed by atoms with Gasteiger partial charge in [-0.3, -0.25) is 0 Å². The maximum Gasteiger partial charge on any atom is 0.392 e. The van der Waals surface area contributed by atoms with E-state index in [4.69, 9.17) is 0 Å². The molecule has 0 aromatic heterocycles. The molecule has 1 saturated carbocycles. The molecule has 1 saturated heterocycles. The summed E-state index contributed by atoms with van der Waals surface area (Å²) in [4.78, 5) is 2.21. The van der Waals surface area contributed by atoms with Crippen LogP contribution in [0.3, 0.4) is 0 Å². The second-order valence-electron chi connectivity index (χ2n) is 5.12. The van der Waals surface area contributed by atoms with E-state index >= 15 is 0 Å². The highest BCUT2D eigenvalue weighted by Gasteiger charge is 2.45. The topological polar surface area (TPSA) is 3.24 Å². The lowest BCUT2D eigenvalue weighted by atomic mass is 9.86. The van der Waals surface area contributed by atoms with Crippen LogP contribution in [0.1, 0.15) is 26.2 Å². The van der Waals surface area contributed by atoms with Crippen molar-refractivity contribution in [3.8, 4) is 0 Å². The molecular weight excluding hydrogens is 203 g/mol. The van der Waals surface area contributed by atoms with E-state index in [0.29, 0.717) is 13.1 Å². The van der Waals surface area contributed by atoms with Crippen molar-refractivity contribution in [2.75, 3.05) is 19.6 Å². The third-order valence-electron chi connectivity index (χ3n) is 3.62. The number of hydrogen-bond donors (Lipinski definition) is 0. The van der Waals surface area contributed by atoms with Gasteiger partial charge in [-0.15, -0.1) is 0 Å². The first-order valence-corrected chi connectivity index (χ1v) is 5.76. The average molecular weight is 221 g/mol. The van der Waals surface area contributed by atoms with Crippen molar-refractivity contribution < 1.29 is 13.2 Å². The Labute approximate surface area is 88.6 Å². The molecule has 2 fully saturated rings. The molecule has 0 N–H and O–H groups in total. The standard InChI is InChI=1S/C11H18F3N/c1-8-6-15(7-9-2-3-9)5-4-10(8)11(12,13)14/h8-10H,2-7H2,1H3/t8-,10-/m1/s1. The van der Waals surface area contributed by atoms with Gasteiger partial charge in [0.05, 0.1) is 5.92 Å². The molecule has 15 heavy (non-hydrogen) atoms. The van der Waals surface area contributed by atoms with Crippen molar-refractivity contribution in [1.82, 2.24) is 4.90 Å². The zero-order valence-corrected chi connectivity index (χ0v) is 9.06. The van der Waals surface area contributed by atoms with Crippen LogP contribution in [-0.2, 0) is 0 Å². The summed E-state index contributed by atoms with van der Waals surface area (Å²) >= 11 is 0. The molecular formula is C11H18F3N. The Bertz CT molecular complexity index is 222. The van der Waals surface area contributed by atoms with Crippen LogP contribution >= 0.6 is 0 Å². The summed E-state index contributed by atoms with van der Waals surface area (Å²) in [6, 6.07) is 0. The number of piperidine rings is 1. The Kier molecular flexibility index (Phi) is 2.97. The summed E-state index contributed by atoms with van der Waals surface area (Å²) in [7, 11) is 0. The van der Waals surface area contributed by atoms with E-state index in [1.807, 2.05) is 0 Å². The third kappa shape index (κ3) is 2.86. The third-order valence-corrected chi connectivity index (χ3v) is 3.62. The highest BCUT2D eigenvalue weighted by molar-refractivity contribution is 4.85. The predicted octanol–water partition coefficient (Wildman–Crippen LogP) is 2.92. The van der Waals surface area contributed by atoms with Crippen molar-refractivity contribution in [3.05, 3.63) is 0 Å². The maximum absolute atomic E-state index is 12.6. The summed E-state index contributed by atoms with van der Waals surface area (Å²) in [6.45, 7) is 4.01. The molecule has 1 heterocycles. The van der Waals surface area contributed by atoms with Gasteiger partial charge in [-0.25, -0.2) is 0 Å². The van der Waals surface area contributed by atoms with Gasteiger partial charge in [-0.1, -0.05) is 6.92 Å². The van der Waals surface area contributed by atoms with Crippen LogP contribution in [0.2, 0.25) is 0 Å². The Balaban J connectivity index is 1.84. The van der Waals surface area contributed by atoms with Crippen LogP contribution in [0.25, 0.3) is 0 Å². The van der Waals surface area contributed by atoms with Gasteiger partial charge in [-0.2, -0.15) is 13.2 Å². The molecule has 1 nitrogen and oxygen atoms in total. The molecule has 0 radical (unpaired) electrons. The molecule has 0 aromatic carbocycles. The minimum Gasteiger partial charge on any atom is -0.303 e. The van der Waals surface area contributed by atoms with Gasteiger partial charge in [0.1, 0.15) is 0 Å². The minimum absolute atomic E-state index is 0.238. The van der Waals surface area contributed by atoms with E-state index in [0.717, 1.165) is 12.5 Å². The first-order chi connectivity index (χ1) is 6.97.